The summed E-state index contributed by atoms with van der Waals surface area (Å²) >= 11 is 0. The molecule has 0 unspecified atom stereocenters. The van der Waals surface area contributed by atoms with Gasteiger partial charge in [-0.05, 0) is 24.0 Å². The quantitative estimate of drug-likeness (QED) is 0.616. The molecule has 12 heavy (non-hydrogen) atoms. The maximum absolute atomic E-state index is 2.21. The molecule has 1 aromatic rings. The van der Waals surface area contributed by atoms with E-state index in [2.05, 4.69) is 50.3 Å². The maximum Gasteiger partial charge on any atom is -0.0219 e. The largest absolute Gasteiger partial charge is 0.0871 e. The molecule has 0 nitrogen and oxygen atoms in total. The summed E-state index contributed by atoms with van der Waals surface area (Å²) in [4.78, 5) is 0. The highest BCUT2D eigenvalue weighted by atomic mass is 14.0. The molecule has 0 aliphatic rings. The van der Waals surface area contributed by atoms with Crippen molar-refractivity contribution < 1.29 is 0 Å². The van der Waals surface area contributed by atoms with Crippen molar-refractivity contribution in [2.75, 3.05) is 0 Å². The second-order valence-corrected chi connectivity index (χ2v) is 3.32. The summed E-state index contributed by atoms with van der Waals surface area (Å²) in [5.74, 6) is 0.629. The van der Waals surface area contributed by atoms with Crippen LogP contribution in [0.5, 0.6) is 0 Å². The van der Waals surface area contributed by atoms with Crippen molar-refractivity contribution in [1.82, 2.24) is 0 Å². The zero-order chi connectivity index (χ0) is 8.97. The highest BCUT2D eigenvalue weighted by Gasteiger charge is 1.96. The molecule has 0 heterocycles. The van der Waals surface area contributed by atoms with Crippen LogP contribution < -0.4 is 0 Å². The molecule has 0 heteroatoms. The highest BCUT2D eigenvalue weighted by Crippen LogP contribution is 2.15. The number of rotatable bonds is 2. The van der Waals surface area contributed by atoms with Gasteiger partial charge in [-0.15, -0.1) is 0 Å². The van der Waals surface area contributed by atoms with Crippen LogP contribution in [0.2, 0.25) is 0 Å². The van der Waals surface area contributed by atoms with Crippen LogP contribution in [-0.2, 0) is 0 Å². The third kappa shape index (κ3) is 2.23. The molecule has 0 radical (unpaired) electrons. The molecular formula is C12H16. The van der Waals surface area contributed by atoms with Gasteiger partial charge in [0.25, 0.3) is 0 Å². The van der Waals surface area contributed by atoms with Gasteiger partial charge in [-0.2, -0.15) is 0 Å². The standard InChI is InChI=1S/C12H16/c1-4-5-11-6-8-12(9-7-11)10(2)3/h4-10H,1-3H3/b5-4+. The van der Waals surface area contributed by atoms with Crippen LogP contribution in [0.4, 0.5) is 0 Å². The minimum Gasteiger partial charge on any atom is -0.0871 e. The first-order valence-corrected chi connectivity index (χ1v) is 4.46. The van der Waals surface area contributed by atoms with Gasteiger partial charge in [0, 0.05) is 0 Å². The van der Waals surface area contributed by atoms with Gasteiger partial charge in [0.1, 0.15) is 0 Å². The summed E-state index contributed by atoms with van der Waals surface area (Å²) in [5.41, 5.74) is 2.69. The molecule has 0 saturated heterocycles. The molecule has 0 N–H and O–H groups in total. The first-order chi connectivity index (χ1) is 5.74. The molecule has 0 atom stereocenters. The topological polar surface area (TPSA) is 0 Å². The normalized spacial score (nSPS) is 11.3. The fourth-order valence-electron chi connectivity index (χ4n) is 1.18. The van der Waals surface area contributed by atoms with E-state index in [1.54, 1.807) is 0 Å². The van der Waals surface area contributed by atoms with Crippen molar-refractivity contribution in [2.45, 2.75) is 26.7 Å². The summed E-state index contributed by atoms with van der Waals surface area (Å²) in [6, 6.07) is 8.71. The Bertz CT molecular complexity index is 252. The van der Waals surface area contributed by atoms with Crippen molar-refractivity contribution in [2.24, 2.45) is 0 Å². The Kier molecular flexibility index (Phi) is 3.09. The molecule has 0 amide bonds. The van der Waals surface area contributed by atoms with Gasteiger partial charge in [0.2, 0.25) is 0 Å². The van der Waals surface area contributed by atoms with E-state index < -0.39 is 0 Å². The number of benzene rings is 1. The third-order valence-corrected chi connectivity index (χ3v) is 1.96. The minimum atomic E-state index is 0.629. The van der Waals surface area contributed by atoms with Crippen molar-refractivity contribution >= 4 is 6.08 Å². The van der Waals surface area contributed by atoms with E-state index in [1.807, 2.05) is 6.92 Å². The summed E-state index contributed by atoms with van der Waals surface area (Å²) in [5, 5.41) is 0. The molecule has 0 saturated carbocycles. The summed E-state index contributed by atoms with van der Waals surface area (Å²) in [6.07, 6.45) is 4.18. The Balaban J connectivity index is 2.85. The number of hydrogen-bond acceptors (Lipinski definition) is 0. The molecule has 0 aliphatic carbocycles. The van der Waals surface area contributed by atoms with E-state index in [4.69, 9.17) is 0 Å². The zero-order valence-electron chi connectivity index (χ0n) is 8.04. The first-order valence-electron chi connectivity index (χ1n) is 4.46. The van der Waals surface area contributed by atoms with Gasteiger partial charge >= 0.3 is 0 Å². The second-order valence-electron chi connectivity index (χ2n) is 3.32. The van der Waals surface area contributed by atoms with Gasteiger partial charge in [0.05, 0.1) is 0 Å². The lowest BCUT2D eigenvalue weighted by molar-refractivity contribution is 0.866. The van der Waals surface area contributed by atoms with Crippen molar-refractivity contribution in [3.63, 3.8) is 0 Å². The summed E-state index contributed by atoms with van der Waals surface area (Å²) in [7, 11) is 0. The van der Waals surface area contributed by atoms with Crippen LogP contribution in [0.15, 0.2) is 30.3 Å². The Hall–Kier alpha value is -1.04. The predicted octanol–water partition coefficient (Wildman–Crippen LogP) is 3.84. The molecule has 0 bridgehead atoms. The SMILES string of the molecule is C/C=C/c1ccc(C(C)C)cc1. The van der Waals surface area contributed by atoms with Crippen LogP contribution in [0, 0.1) is 0 Å². The molecule has 0 aliphatic heterocycles. The molecule has 0 fully saturated rings. The highest BCUT2D eigenvalue weighted by molar-refractivity contribution is 5.49. The first kappa shape index (κ1) is 9.05. The fraction of sp³-hybridized carbons (Fsp3) is 0.333. The Morgan fingerprint density at radius 1 is 1.08 bits per heavy atom. The van der Waals surface area contributed by atoms with Crippen LogP contribution in [0.25, 0.3) is 6.08 Å². The Labute approximate surface area is 74.9 Å². The van der Waals surface area contributed by atoms with Crippen LogP contribution >= 0.6 is 0 Å². The smallest absolute Gasteiger partial charge is 0.0219 e. The minimum absolute atomic E-state index is 0.629. The van der Waals surface area contributed by atoms with Crippen LogP contribution in [0.3, 0.4) is 0 Å². The lowest BCUT2D eigenvalue weighted by Crippen LogP contribution is -1.85. The fourth-order valence-corrected chi connectivity index (χ4v) is 1.18. The van der Waals surface area contributed by atoms with Crippen molar-refractivity contribution in [3.05, 3.63) is 41.5 Å². The van der Waals surface area contributed by atoms with E-state index in [1.165, 1.54) is 11.1 Å². The van der Waals surface area contributed by atoms with Gasteiger partial charge in [0.15, 0.2) is 0 Å². The molecule has 0 aromatic heterocycles. The molecule has 1 aromatic carbocycles. The Morgan fingerprint density at radius 3 is 2.08 bits per heavy atom. The van der Waals surface area contributed by atoms with Gasteiger partial charge in [-0.25, -0.2) is 0 Å². The van der Waals surface area contributed by atoms with Crippen LogP contribution in [-0.4, -0.2) is 0 Å². The summed E-state index contributed by atoms with van der Waals surface area (Å²) in [6.45, 7) is 6.46. The van der Waals surface area contributed by atoms with E-state index in [0.29, 0.717) is 5.92 Å². The zero-order valence-corrected chi connectivity index (χ0v) is 8.04. The van der Waals surface area contributed by atoms with E-state index >= 15 is 0 Å². The summed E-state index contributed by atoms with van der Waals surface area (Å²) < 4.78 is 0. The van der Waals surface area contributed by atoms with E-state index in [-0.39, 0.29) is 0 Å². The predicted molar refractivity (Wildman–Crippen MR) is 55.2 cm³/mol. The maximum atomic E-state index is 2.21. The van der Waals surface area contributed by atoms with Crippen LogP contribution in [0.1, 0.15) is 37.8 Å². The van der Waals surface area contributed by atoms with Crippen molar-refractivity contribution in [1.29, 1.82) is 0 Å². The Morgan fingerprint density at radius 2 is 1.67 bits per heavy atom. The number of allylic oxidation sites excluding steroid dienone is 1. The van der Waals surface area contributed by atoms with Gasteiger partial charge in [-0.3, -0.25) is 0 Å². The third-order valence-electron chi connectivity index (χ3n) is 1.96. The van der Waals surface area contributed by atoms with Gasteiger partial charge in [-0.1, -0.05) is 50.3 Å². The average molecular weight is 160 g/mol. The molecule has 0 spiro atoms. The van der Waals surface area contributed by atoms with Crippen molar-refractivity contribution in [3.8, 4) is 0 Å². The molecule has 64 valence electrons. The lowest BCUT2D eigenvalue weighted by atomic mass is 10.0. The monoisotopic (exact) mass is 160 g/mol. The van der Waals surface area contributed by atoms with Gasteiger partial charge < -0.3 is 0 Å². The molecule has 1 rings (SSSR count). The van der Waals surface area contributed by atoms with E-state index in [9.17, 15) is 0 Å². The average Bonchev–Trinajstić information content (AvgIpc) is 2.06. The lowest BCUT2D eigenvalue weighted by Gasteiger charge is -2.04. The molecular weight excluding hydrogens is 144 g/mol. The second kappa shape index (κ2) is 4.10. The van der Waals surface area contributed by atoms with E-state index in [0.717, 1.165) is 0 Å². The number of hydrogen-bond donors (Lipinski definition) is 0.